The molecule has 1 aromatic heterocycles. The molecule has 2 atom stereocenters. The van der Waals surface area contributed by atoms with E-state index >= 15 is 0 Å². The van der Waals surface area contributed by atoms with E-state index in [0.717, 1.165) is 22.2 Å². The number of rotatable bonds is 7. The molecule has 0 bridgehead atoms. The molecule has 7 nitrogen and oxygen atoms in total. The molecule has 0 fully saturated rings. The highest BCUT2D eigenvalue weighted by molar-refractivity contribution is 6.74. The zero-order chi connectivity index (χ0) is 24.6. The van der Waals surface area contributed by atoms with Gasteiger partial charge >= 0.3 is 5.97 Å². The summed E-state index contributed by atoms with van der Waals surface area (Å²) in [4.78, 5) is 12.1. The van der Waals surface area contributed by atoms with E-state index in [4.69, 9.17) is 18.6 Å². The summed E-state index contributed by atoms with van der Waals surface area (Å²) in [6.45, 7) is 19.9. The van der Waals surface area contributed by atoms with Crippen molar-refractivity contribution < 1.29 is 23.4 Å². The van der Waals surface area contributed by atoms with Gasteiger partial charge in [0.15, 0.2) is 8.32 Å². The van der Waals surface area contributed by atoms with Crippen LogP contribution in [0.2, 0.25) is 18.1 Å². The molecular weight excluding hydrogens is 436 g/mol. The fourth-order valence-corrected chi connectivity index (χ4v) is 5.23. The van der Waals surface area contributed by atoms with Gasteiger partial charge in [-0.1, -0.05) is 20.8 Å². The van der Waals surface area contributed by atoms with E-state index in [1.807, 2.05) is 43.8 Å². The van der Waals surface area contributed by atoms with Crippen LogP contribution in [0, 0.1) is 0 Å². The van der Waals surface area contributed by atoms with E-state index in [1.165, 1.54) is 0 Å². The largest absolute Gasteiger partial charge is 0.491 e. The molecule has 0 amide bonds. The topological polar surface area (TPSA) is 71.8 Å². The molecule has 0 aliphatic carbocycles. The van der Waals surface area contributed by atoms with E-state index in [2.05, 4.69) is 45.9 Å². The van der Waals surface area contributed by atoms with Gasteiger partial charge in [-0.15, -0.1) is 0 Å². The lowest BCUT2D eigenvalue weighted by molar-refractivity contribution is -0.163. The number of benzene rings is 1. The van der Waals surface area contributed by atoms with Crippen molar-refractivity contribution in [1.82, 2.24) is 9.78 Å². The maximum absolute atomic E-state index is 12.1. The van der Waals surface area contributed by atoms with Crippen LogP contribution in [0.25, 0.3) is 10.9 Å². The van der Waals surface area contributed by atoms with E-state index in [-0.39, 0.29) is 29.8 Å². The number of hydrogen-bond acceptors (Lipinski definition) is 6. The Hall–Kier alpha value is -1.90. The lowest BCUT2D eigenvalue weighted by atomic mass is 10.0. The minimum Gasteiger partial charge on any atom is -0.491 e. The van der Waals surface area contributed by atoms with Crippen LogP contribution in [0.3, 0.4) is 0 Å². The minimum atomic E-state index is -1.88. The van der Waals surface area contributed by atoms with Gasteiger partial charge in [-0.2, -0.15) is 5.10 Å². The first-order valence-corrected chi connectivity index (χ1v) is 14.7. The molecule has 184 valence electrons. The Balaban J connectivity index is 1.74. The van der Waals surface area contributed by atoms with Gasteiger partial charge in [-0.25, -0.2) is 4.79 Å². The van der Waals surface area contributed by atoms with Crippen LogP contribution in [0.4, 0.5) is 0 Å². The zero-order valence-corrected chi connectivity index (χ0v) is 22.7. The van der Waals surface area contributed by atoms with E-state index in [1.54, 1.807) is 0 Å². The SMILES string of the molecule is CC(Cn1ncc2ccc3c(c21)CC(OCC(=O)OC(C)(C)C)CO3)O[Si](C)(C)C(C)(C)C. The third-order valence-electron chi connectivity index (χ3n) is 6.31. The minimum absolute atomic E-state index is 0.0357. The second-order valence-electron chi connectivity index (χ2n) is 11.5. The van der Waals surface area contributed by atoms with Crippen molar-refractivity contribution >= 4 is 25.2 Å². The highest BCUT2D eigenvalue weighted by Crippen LogP contribution is 2.38. The maximum Gasteiger partial charge on any atom is 0.332 e. The van der Waals surface area contributed by atoms with Crippen molar-refractivity contribution in [3.63, 3.8) is 0 Å². The van der Waals surface area contributed by atoms with Crippen LogP contribution >= 0.6 is 0 Å². The lowest BCUT2D eigenvalue weighted by Gasteiger charge is -2.38. The van der Waals surface area contributed by atoms with Crippen molar-refractivity contribution in [2.24, 2.45) is 0 Å². The highest BCUT2D eigenvalue weighted by atomic mass is 28.4. The molecule has 3 rings (SSSR count). The normalized spacial score (nSPS) is 18.0. The first-order chi connectivity index (χ1) is 15.2. The van der Waals surface area contributed by atoms with Crippen molar-refractivity contribution in [3.05, 3.63) is 23.9 Å². The van der Waals surface area contributed by atoms with Gasteiger partial charge in [0.1, 0.15) is 24.6 Å². The van der Waals surface area contributed by atoms with Gasteiger partial charge in [-0.3, -0.25) is 4.68 Å². The number of carbonyl (C=O) groups excluding carboxylic acids is 1. The van der Waals surface area contributed by atoms with Gasteiger partial charge in [0.25, 0.3) is 0 Å². The van der Waals surface area contributed by atoms with Gasteiger partial charge in [-0.05, 0) is 58.0 Å². The Bertz CT molecular complexity index is 987. The molecule has 0 saturated heterocycles. The van der Waals surface area contributed by atoms with Gasteiger partial charge in [0.2, 0.25) is 0 Å². The molecule has 0 N–H and O–H groups in total. The van der Waals surface area contributed by atoms with Crippen molar-refractivity contribution in [1.29, 1.82) is 0 Å². The summed E-state index contributed by atoms with van der Waals surface area (Å²) in [6, 6.07) is 4.03. The van der Waals surface area contributed by atoms with E-state index in [9.17, 15) is 4.79 Å². The number of aromatic nitrogens is 2. The maximum atomic E-state index is 12.1. The highest BCUT2D eigenvalue weighted by Gasteiger charge is 2.38. The standard InChI is InChI=1S/C25H40N2O5Si/c1-17(32-33(8,9)25(5,6)7)14-27-23-18(13-26-27)10-11-21-20(23)12-19(15-30-21)29-16-22(28)31-24(2,3)4/h10-11,13,17,19H,12,14-16H2,1-9H3. The second kappa shape index (κ2) is 9.39. The summed E-state index contributed by atoms with van der Waals surface area (Å²) in [5.74, 6) is 0.479. The number of fused-ring (bicyclic) bond motifs is 3. The summed E-state index contributed by atoms with van der Waals surface area (Å²) >= 11 is 0. The Morgan fingerprint density at radius 3 is 2.58 bits per heavy atom. The Labute approximate surface area is 198 Å². The Morgan fingerprint density at radius 1 is 1.24 bits per heavy atom. The number of nitrogens with zero attached hydrogens (tertiary/aromatic N) is 2. The number of hydrogen-bond donors (Lipinski definition) is 0. The summed E-state index contributed by atoms with van der Waals surface area (Å²) < 4.78 is 25.8. The summed E-state index contributed by atoms with van der Waals surface area (Å²) in [5, 5.41) is 5.87. The molecular formula is C25H40N2O5Si. The third-order valence-corrected chi connectivity index (χ3v) is 10.9. The molecule has 1 aliphatic heterocycles. The van der Waals surface area contributed by atoms with Crippen LogP contribution < -0.4 is 4.74 Å². The van der Waals surface area contributed by atoms with Crippen LogP contribution in [0.5, 0.6) is 5.75 Å². The van der Waals surface area contributed by atoms with Crippen LogP contribution in [-0.4, -0.2) is 55.1 Å². The van der Waals surface area contributed by atoms with Crippen LogP contribution in [0.1, 0.15) is 54.0 Å². The number of ether oxygens (including phenoxy) is 3. The van der Waals surface area contributed by atoms with Crippen LogP contribution in [-0.2, 0) is 31.7 Å². The number of esters is 1. The predicted octanol–water partition coefficient (Wildman–Crippen LogP) is 5.11. The summed E-state index contributed by atoms with van der Waals surface area (Å²) in [5.41, 5.74) is 1.58. The molecule has 8 heteroatoms. The molecule has 1 aliphatic rings. The molecule has 2 aromatic rings. The predicted molar refractivity (Wildman–Crippen MR) is 132 cm³/mol. The molecule has 0 spiro atoms. The average molecular weight is 477 g/mol. The summed E-state index contributed by atoms with van der Waals surface area (Å²) in [7, 11) is -1.88. The van der Waals surface area contributed by atoms with Gasteiger partial charge in [0.05, 0.1) is 30.5 Å². The third kappa shape index (κ3) is 6.37. The fourth-order valence-electron chi connectivity index (χ4n) is 3.80. The number of carbonyl (C=O) groups is 1. The van der Waals surface area contributed by atoms with Crippen molar-refractivity contribution in [2.75, 3.05) is 13.2 Å². The Kier molecular flexibility index (Phi) is 7.32. The van der Waals surface area contributed by atoms with Gasteiger partial charge < -0.3 is 18.6 Å². The monoisotopic (exact) mass is 476 g/mol. The molecule has 33 heavy (non-hydrogen) atoms. The molecule has 2 unspecified atom stereocenters. The van der Waals surface area contributed by atoms with Crippen LogP contribution in [0.15, 0.2) is 18.3 Å². The Morgan fingerprint density at radius 2 is 1.94 bits per heavy atom. The first-order valence-electron chi connectivity index (χ1n) is 11.8. The van der Waals surface area contributed by atoms with Crippen molar-refractivity contribution in [3.8, 4) is 5.75 Å². The lowest BCUT2D eigenvalue weighted by Crippen LogP contribution is -2.44. The fraction of sp³-hybridized carbons (Fsp3) is 0.680. The molecule has 1 aromatic carbocycles. The molecule has 0 radical (unpaired) electrons. The molecule has 0 saturated carbocycles. The van der Waals surface area contributed by atoms with E-state index < -0.39 is 13.9 Å². The quantitative estimate of drug-likeness (QED) is 0.409. The smallest absolute Gasteiger partial charge is 0.332 e. The van der Waals surface area contributed by atoms with E-state index in [0.29, 0.717) is 19.6 Å². The second-order valence-corrected chi connectivity index (χ2v) is 16.3. The zero-order valence-electron chi connectivity index (χ0n) is 21.7. The van der Waals surface area contributed by atoms with Gasteiger partial charge in [0, 0.05) is 17.4 Å². The molecule has 2 heterocycles. The average Bonchev–Trinajstić information content (AvgIpc) is 3.06. The first kappa shape index (κ1) is 25.7. The summed E-state index contributed by atoms with van der Waals surface area (Å²) in [6.07, 6.45) is 2.35. The van der Waals surface area contributed by atoms with Crippen molar-refractivity contribution in [2.45, 2.75) is 97.4 Å².